The largest absolute Gasteiger partial charge is 0.469 e. The van der Waals surface area contributed by atoms with E-state index in [0.29, 0.717) is 5.69 Å². The molecule has 1 aromatic rings. The van der Waals surface area contributed by atoms with E-state index in [4.69, 9.17) is 4.74 Å². The Morgan fingerprint density at radius 3 is 2.26 bits per heavy atom. The lowest BCUT2D eigenvalue weighted by atomic mass is 10.1. The van der Waals surface area contributed by atoms with Gasteiger partial charge >= 0.3 is 12.1 Å². The molecule has 0 bridgehead atoms. The topological polar surface area (TPSA) is 137 Å². The summed E-state index contributed by atoms with van der Waals surface area (Å²) >= 11 is 0. The smallest absolute Gasteiger partial charge is 0.408 e. The van der Waals surface area contributed by atoms with Crippen molar-refractivity contribution in [2.24, 2.45) is 0 Å². The van der Waals surface area contributed by atoms with Crippen molar-refractivity contribution in [1.29, 1.82) is 0 Å². The average molecular weight is 381 g/mol. The van der Waals surface area contributed by atoms with Crippen LogP contribution >= 0.6 is 0 Å². The van der Waals surface area contributed by atoms with Gasteiger partial charge in [0, 0.05) is 24.2 Å². The van der Waals surface area contributed by atoms with E-state index in [2.05, 4.69) is 15.4 Å². The molecule has 0 saturated carbocycles. The number of hydrogen-bond donors (Lipinski definition) is 2. The lowest BCUT2D eigenvalue weighted by Gasteiger charge is -2.23. The lowest BCUT2D eigenvalue weighted by Crippen LogP contribution is -2.46. The Bertz CT molecular complexity index is 695. The molecule has 1 aromatic carbocycles. The number of methoxy groups -OCH3 is 1. The van der Waals surface area contributed by atoms with Crippen LogP contribution in [0.5, 0.6) is 0 Å². The highest BCUT2D eigenvalue weighted by Gasteiger charge is 2.25. The Labute approximate surface area is 156 Å². The molecular formula is C17H23N3O7. The van der Waals surface area contributed by atoms with Gasteiger partial charge in [0.05, 0.1) is 12.0 Å². The summed E-state index contributed by atoms with van der Waals surface area (Å²) in [6.45, 7) is 5.02. The predicted octanol–water partition coefficient (Wildman–Crippen LogP) is 2.38. The van der Waals surface area contributed by atoms with Gasteiger partial charge in [-0.3, -0.25) is 19.7 Å². The van der Waals surface area contributed by atoms with Gasteiger partial charge in [-0.25, -0.2) is 4.79 Å². The molecule has 0 unspecified atom stereocenters. The molecule has 2 amide bonds. The molecule has 0 spiro atoms. The van der Waals surface area contributed by atoms with E-state index in [9.17, 15) is 24.5 Å². The Morgan fingerprint density at radius 1 is 1.19 bits per heavy atom. The zero-order valence-corrected chi connectivity index (χ0v) is 15.6. The van der Waals surface area contributed by atoms with Crippen molar-refractivity contribution in [3.05, 3.63) is 34.4 Å². The van der Waals surface area contributed by atoms with Crippen molar-refractivity contribution >= 4 is 29.3 Å². The number of benzene rings is 1. The third-order valence-corrected chi connectivity index (χ3v) is 3.22. The maximum absolute atomic E-state index is 12.5. The summed E-state index contributed by atoms with van der Waals surface area (Å²) in [5.41, 5.74) is -0.576. The Morgan fingerprint density at radius 2 is 1.78 bits per heavy atom. The number of esters is 1. The van der Waals surface area contributed by atoms with Crippen LogP contribution in [0.3, 0.4) is 0 Å². The van der Waals surface area contributed by atoms with E-state index in [-0.39, 0.29) is 18.5 Å². The van der Waals surface area contributed by atoms with Gasteiger partial charge in [0.2, 0.25) is 5.91 Å². The molecule has 0 aliphatic carbocycles. The second kappa shape index (κ2) is 9.51. The fourth-order valence-corrected chi connectivity index (χ4v) is 1.98. The van der Waals surface area contributed by atoms with E-state index in [1.807, 2.05) is 0 Å². The Hall–Kier alpha value is -3.17. The molecule has 0 radical (unpaired) electrons. The molecule has 10 heteroatoms. The average Bonchev–Trinajstić information content (AvgIpc) is 2.56. The molecule has 0 fully saturated rings. The normalized spacial score (nSPS) is 11.9. The van der Waals surface area contributed by atoms with Crippen molar-refractivity contribution in [3.8, 4) is 0 Å². The second-order valence-electron chi connectivity index (χ2n) is 6.61. The number of carbonyl (C=O) groups is 3. The van der Waals surface area contributed by atoms with Crippen LogP contribution in [0, 0.1) is 10.1 Å². The summed E-state index contributed by atoms with van der Waals surface area (Å²) in [6, 6.07) is 4.14. The van der Waals surface area contributed by atoms with Gasteiger partial charge in [-0.2, -0.15) is 0 Å². The molecule has 0 heterocycles. The number of rotatable bonds is 7. The maximum atomic E-state index is 12.5. The summed E-state index contributed by atoms with van der Waals surface area (Å²) in [6.07, 6.45) is -0.911. The number of hydrogen-bond acceptors (Lipinski definition) is 7. The minimum atomic E-state index is -1.06. The Balaban J connectivity index is 2.82. The number of nitro benzene ring substituents is 1. The summed E-state index contributed by atoms with van der Waals surface area (Å²) < 4.78 is 9.66. The number of ether oxygens (including phenoxy) is 2. The summed E-state index contributed by atoms with van der Waals surface area (Å²) in [5, 5.41) is 15.6. The first kappa shape index (κ1) is 21.9. The number of alkyl carbamates (subject to hydrolysis) is 1. The molecule has 10 nitrogen and oxygen atoms in total. The number of carbonyl (C=O) groups excluding carboxylic acids is 3. The van der Waals surface area contributed by atoms with Gasteiger partial charge in [0.25, 0.3) is 5.69 Å². The third-order valence-electron chi connectivity index (χ3n) is 3.22. The molecule has 148 valence electrons. The van der Waals surface area contributed by atoms with Gasteiger partial charge in [-0.15, -0.1) is 0 Å². The second-order valence-corrected chi connectivity index (χ2v) is 6.61. The van der Waals surface area contributed by atoms with Crippen LogP contribution in [0.4, 0.5) is 16.2 Å². The highest BCUT2D eigenvalue weighted by Crippen LogP contribution is 2.16. The van der Waals surface area contributed by atoms with E-state index in [0.717, 1.165) is 0 Å². The van der Waals surface area contributed by atoms with Gasteiger partial charge in [-0.1, -0.05) is 0 Å². The molecule has 1 atom stereocenters. The molecule has 0 aromatic heterocycles. The number of nitrogens with one attached hydrogen (secondary N) is 2. The first-order chi connectivity index (χ1) is 12.5. The third kappa shape index (κ3) is 8.17. The highest BCUT2D eigenvalue weighted by molar-refractivity contribution is 5.96. The van der Waals surface area contributed by atoms with Gasteiger partial charge in [-0.05, 0) is 39.3 Å². The first-order valence-corrected chi connectivity index (χ1v) is 8.13. The van der Waals surface area contributed by atoms with Crippen LogP contribution in [-0.2, 0) is 19.1 Å². The Kier molecular flexibility index (Phi) is 7.70. The minimum absolute atomic E-state index is 0.00920. The van der Waals surface area contributed by atoms with Gasteiger partial charge in [0.1, 0.15) is 11.6 Å². The van der Waals surface area contributed by atoms with E-state index < -0.39 is 34.5 Å². The zero-order chi connectivity index (χ0) is 20.6. The van der Waals surface area contributed by atoms with Crippen molar-refractivity contribution in [3.63, 3.8) is 0 Å². The van der Waals surface area contributed by atoms with Gasteiger partial charge in [0.15, 0.2) is 0 Å². The number of non-ortho nitro benzene ring substituents is 1. The molecular weight excluding hydrogens is 358 g/mol. The van der Waals surface area contributed by atoms with Crippen LogP contribution in [0.1, 0.15) is 33.6 Å². The van der Waals surface area contributed by atoms with E-state index in [1.54, 1.807) is 20.8 Å². The monoisotopic (exact) mass is 381 g/mol. The molecule has 0 saturated heterocycles. The summed E-state index contributed by atoms with van der Waals surface area (Å²) in [7, 11) is 1.22. The molecule has 0 aliphatic rings. The van der Waals surface area contributed by atoms with Crippen LogP contribution in [0.15, 0.2) is 24.3 Å². The first-order valence-electron chi connectivity index (χ1n) is 8.13. The maximum Gasteiger partial charge on any atom is 0.408 e. The number of nitrogens with zero attached hydrogens (tertiary/aromatic N) is 1. The van der Waals surface area contributed by atoms with Crippen LogP contribution < -0.4 is 10.6 Å². The molecule has 2 N–H and O–H groups in total. The fourth-order valence-electron chi connectivity index (χ4n) is 1.98. The van der Waals surface area contributed by atoms with Crippen molar-refractivity contribution < 1.29 is 28.8 Å². The molecule has 1 rings (SSSR count). The quantitative estimate of drug-likeness (QED) is 0.420. The highest BCUT2D eigenvalue weighted by atomic mass is 16.6. The minimum Gasteiger partial charge on any atom is -0.469 e. The van der Waals surface area contributed by atoms with Crippen LogP contribution in [0.2, 0.25) is 0 Å². The fraction of sp³-hybridized carbons (Fsp3) is 0.471. The number of amides is 2. The lowest BCUT2D eigenvalue weighted by molar-refractivity contribution is -0.384. The zero-order valence-electron chi connectivity index (χ0n) is 15.6. The van der Waals surface area contributed by atoms with Crippen LogP contribution in [0.25, 0.3) is 0 Å². The van der Waals surface area contributed by atoms with Crippen LogP contribution in [-0.4, -0.2) is 41.6 Å². The molecule has 27 heavy (non-hydrogen) atoms. The van der Waals surface area contributed by atoms with Crippen molar-refractivity contribution in [2.45, 2.75) is 45.3 Å². The SMILES string of the molecule is COC(=O)CC[C@H](NC(=O)OC(C)(C)C)C(=O)Nc1ccc([N+](=O)[O-])cc1. The van der Waals surface area contributed by atoms with E-state index >= 15 is 0 Å². The standard InChI is InChI=1S/C17H23N3O7/c1-17(2,3)27-16(23)19-13(9-10-14(21)26-4)15(22)18-11-5-7-12(8-6-11)20(24)25/h5-8,13H,9-10H2,1-4H3,(H,18,22)(H,19,23)/t13-/m0/s1. The van der Waals surface area contributed by atoms with E-state index in [1.165, 1.54) is 31.4 Å². The van der Waals surface area contributed by atoms with Crippen molar-refractivity contribution in [1.82, 2.24) is 5.32 Å². The van der Waals surface area contributed by atoms with Crippen molar-refractivity contribution in [2.75, 3.05) is 12.4 Å². The van der Waals surface area contributed by atoms with Gasteiger partial charge < -0.3 is 20.1 Å². The number of nitro groups is 1. The summed E-state index contributed by atoms with van der Waals surface area (Å²) in [4.78, 5) is 45.9. The number of anilines is 1. The predicted molar refractivity (Wildman–Crippen MR) is 96.1 cm³/mol. The molecule has 0 aliphatic heterocycles. The summed E-state index contributed by atoms with van der Waals surface area (Å²) in [5.74, 6) is -1.13.